The number of aromatic hydroxyl groups is 1. The molecular formula is C15H12ClNO3. The Bertz CT molecular complexity index is 639. The molecule has 2 amide bonds. The lowest BCUT2D eigenvalue weighted by atomic mass is 9.85. The van der Waals surface area contributed by atoms with Crippen LogP contribution in [0.2, 0.25) is 5.02 Å². The second-order valence-corrected chi connectivity index (χ2v) is 6.08. The molecule has 4 nitrogen and oxygen atoms in total. The molecule has 0 unspecified atom stereocenters. The van der Waals surface area contributed by atoms with E-state index >= 15 is 0 Å². The van der Waals surface area contributed by atoms with Crippen LogP contribution in [0.5, 0.6) is 5.75 Å². The molecule has 102 valence electrons. The number of amides is 2. The third-order valence-electron chi connectivity index (χ3n) is 4.65. The fourth-order valence-electron chi connectivity index (χ4n) is 3.83. The highest BCUT2D eigenvalue weighted by Crippen LogP contribution is 2.53. The quantitative estimate of drug-likeness (QED) is 0.638. The summed E-state index contributed by atoms with van der Waals surface area (Å²) in [6.45, 7) is 0. The molecule has 0 spiro atoms. The van der Waals surface area contributed by atoms with Crippen LogP contribution in [0.3, 0.4) is 0 Å². The predicted octanol–water partition coefficient (Wildman–Crippen LogP) is 2.36. The number of phenols is 1. The molecule has 5 heteroatoms. The van der Waals surface area contributed by atoms with E-state index in [0.717, 1.165) is 11.3 Å². The van der Waals surface area contributed by atoms with E-state index in [1.54, 1.807) is 6.07 Å². The first kappa shape index (κ1) is 12.0. The molecule has 0 aromatic heterocycles. The van der Waals surface area contributed by atoms with Gasteiger partial charge in [0.05, 0.1) is 17.5 Å². The number of imide groups is 1. The van der Waals surface area contributed by atoms with Crippen LogP contribution in [0.15, 0.2) is 30.4 Å². The van der Waals surface area contributed by atoms with Gasteiger partial charge in [-0.15, -0.1) is 0 Å². The summed E-state index contributed by atoms with van der Waals surface area (Å²) >= 11 is 5.79. The van der Waals surface area contributed by atoms with Gasteiger partial charge in [0, 0.05) is 11.1 Å². The summed E-state index contributed by atoms with van der Waals surface area (Å²) in [4.78, 5) is 26.2. The zero-order valence-corrected chi connectivity index (χ0v) is 11.2. The number of phenolic OH excluding ortho intramolecular Hbond substituents is 1. The molecular weight excluding hydrogens is 278 g/mol. The molecule has 4 atom stereocenters. The fraction of sp³-hybridized carbons (Fsp3) is 0.333. The standard InChI is InChI=1S/C15H12ClNO3/c16-9-3-4-10(11(18)6-9)17-14(19)12-7-1-2-8(5-7)13(12)15(17)20/h1-4,6-8,12-13,18H,5H2/t7-,8+,12+,13-. The maximum Gasteiger partial charge on any atom is 0.238 e. The molecule has 3 aliphatic rings. The zero-order chi connectivity index (χ0) is 14.0. The Morgan fingerprint density at radius 2 is 1.70 bits per heavy atom. The summed E-state index contributed by atoms with van der Waals surface area (Å²) in [6, 6.07) is 4.43. The lowest BCUT2D eigenvalue weighted by Gasteiger charge is -2.18. The molecule has 4 rings (SSSR count). The van der Waals surface area contributed by atoms with Gasteiger partial charge in [-0.3, -0.25) is 9.59 Å². The van der Waals surface area contributed by atoms with E-state index in [9.17, 15) is 14.7 Å². The molecule has 2 bridgehead atoms. The van der Waals surface area contributed by atoms with Gasteiger partial charge in [-0.1, -0.05) is 23.8 Å². The normalized spacial score (nSPS) is 34.1. The van der Waals surface area contributed by atoms with Crippen molar-refractivity contribution >= 4 is 29.1 Å². The number of fused-ring (bicyclic) bond motifs is 5. The first-order chi connectivity index (χ1) is 9.58. The first-order valence-electron chi connectivity index (χ1n) is 6.62. The van der Waals surface area contributed by atoms with Crippen LogP contribution in [-0.4, -0.2) is 16.9 Å². The lowest BCUT2D eigenvalue weighted by Crippen LogP contribution is -2.32. The van der Waals surface area contributed by atoms with E-state index in [0.29, 0.717) is 5.02 Å². The minimum absolute atomic E-state index is 0.139. The van der Waals surface area contributed by atoms with Crippen molar-refractivity contribution in [1.82, 2.24) is 0 Å². The number of halogens is 1. The second kappa shape index (κ2) is 3.85. The molecule has 2 fully saturated rings. The van der Waals surface area contributed by atoms with Gasteiger partial charge >= 0.3 is 0 Å². The van der Waals surface area contributed by atoms with Crippen LogP contribution in [0.4, 0.5) is 5.69 Å². The van der Waals surface area contributed by atoms with Crippen LogP contribution in [0.1, 0.15) is 6.42 Å². The van der Waals surface area contributed by atoms with Crippen molar-refractivity contribution < 1.29 is 14.7 Å². The van der Waals surface area contributed by atoms with Crippen LogP contribution < -0.4 is 4.90 Å². The Labute approximate surface area is 120 Å². The highest BCUT2D eigenvalue weighted by Gasteiger charge is 2.59. The number of nitrogens with zero attached hydrogens (tertiary/aromatic N) is 1. The number of anilines is 1. The number of carbonyl (C=O) groups excluding carboxylic acids is 2. The Balaban J connectivity index is 1.78. The van der Waals surface area contributed by atoms with Crippen molar-refractivity contribution in [1.29, 1.82) is 0 Å². The van der Waals surface area contributed by atoms with Gasteiger partial charge in [0.25, 0.3) is 0 Å². The van der Waals surface area contributed by atoms with Gasteiger partial charge in [0.15, 0.2) is 0 Å². The molecule has 20 heavy (non-hydrogen) atoms. The van der Waals surface area contributed by atoms with Crippen molar-refractivity contribution in [3.8, 4) is 5.75 Å². The van der Waals surface area contributed by atoms with Crippen LogP contribution in [0, 0.1) is 23.7 Å². The Morgan fingerprint density at radius 1 is 1.10 bits per heavy atom. The minimum Gasteiger partial charge on any atom is -0.506 e. The van der Waals surface area contributed by atoms with Gasteiger partial charge < -0.3 is 5.11 Å². The van der Waals surface area contributed by atoms with Crippen molar-refractivity contribution in [2.45, 2.75) is 6.42 Å². The van der Waals surface area contributed by atoms with Gasteiger partial charge in [-0.25, -0.2) is 4.90 Å². The van der Waals surface area contributed by atoms with Gasteiger partial charge in [0.2, 0.25) is 11.8 Å². The summed E-state index contributed by atoms with van der Waals surface area (Å²) in [6.07, 6.45) is 4.98. The highest BCUT2D eigenvalue weighted by molar-refractivity contribution is 6.31. The largest absolute Gasteiger partial charge is 0.506 e. The summed E-state index contributed by atoms with van der Waals surface area (Å²) in [5.41, 5.74) is 0.234. The van der Waals surface area contributed by atoms with E-state index in [2.05, 4.69) is 0 Å². The molecule has 0 radical (unpaired) electrons. The van der Waals surface area contributed by atoms with Crippen molar-refractivity contribution in [3.63, 3.8) is 0 Å². The summed E-state index contributed by atoms with van der Waals surface area (Å²) in [5.74, 6) is -0.717. The summed E-state index contributed by atoms with van der Waals surface area (Å²) in [5, 5.41) is 10.3. The Hall–Kier alpha value is -1.81. The monoisotopic (exact) mass is 289 g/mol. The maximum absolute atomic E-state index is 12.6. The van der Waals surface area contributed by atoms with Gasteiger partial charge in [0.1, 0.15) is 5.75 Å². The molecule has 1 aliphatic heterocycles. The molecule has 1 saturated carbocycles. The number of allylic oxidation sites excluding steroid dienone is 2. The molecule has 1 saturated heterocycles. The molecule has 1 aromatic carbocycles. The average Bonchev–Trinajstić information content (AvgIpc) is 3.06. The third kappa shape index (κ3) is 1.37. The predicted molar refractivity (Wildman–Crippen MR) is 73.3 cm³/mol. The fourth-order valence-corrected chi connectivity index (χ4v) is 3.99. The molecule has 1 N–H and O–H groups in total. The molecule has 1 aromatic rings. The SMILES string of the molecule is O=C1[C@@H]2[C@H](C(=O)N1c1ccc(Cl)cc1O)[C@H]1C=C[C@@H]2C1. The number of rotatable bonds is 1. The van der Waals surface area contributed by atoms with Gasteiger partial charge in [-0.2, -0.15) is 0 Å². The number of carbonyl (C=O) groups is 2. The number of hydrogen-bond donors (Lipinski definition) is 1. The minimum atomic E-state index is -0.257. The van der Waals surface area contributed by atoms with Crippen molar-refractivity contribution in [2.75, 3.05) is 4.90 Å². The molecule has 1 heterocycles. The zero-order valence-electron chi connectivity index (χ0n) is 10.5. The Kier molecular flexibility index (Phi) is 2.31. The van der Waals surface area contributed by atoms with E-state index in [-0.39, 0.29) is 46.9 Å². The number of hydrogen-bond acceptors (Lipinski definition) is 3. The highest BCUT2D eigenvalue weighted by atomic mass is 35.5. The van der Waals surface area contributed by atoms with E-state index < -0.39 is 0 Å². The van der Waals surface area contributed by atoms with E-state index in [1.165, 1.54) is 12.1 Å². The maximum atomic E-state index is 12.6. The second-order valence-electron chi connectivity index (χ2n) is 5.64. The summed E-state index contributed by atoms with van der Waals surface area (Å²) < 4.78 is 0. The average molecular weight is 290 g/mol. The van der Waals surface area contributed by atoms with Gasteiger partial charge in [-0.05, 0) is 30.4 Å². The van der Waals surface area contributed by atoms with Crippen molar-refractivity contribution in [3.05, 3.63) is 35.4 Å². The van der Waals surface area contributed by atoms with E-state index in [4.69, 9.17) is 11.6 Å². The lowest BCUT2D eigenvalue weighted by molar-refractivity contribution is -0.123. The topological polar surface area (TPSA) is 57.6 Å². The van der Waals surface area contributed by atoms with Crippen LogP contribution in [0.25, 0.3) is 0 Å². The van der Waals surface area contributed by atoms with Crippen LogP contribution >= 0.6 is 11.6 Å². The van der Waals surface area contributed by atoms with Crippen molar-refractivity contribution in [2.24, 2.45) is 23.7 Å². The number of benzene rings is 1. The smallest absolute Gasteiger partial charge is 0.238 e. The van der Waals surface area contributed by atoms with E-state index in [1.807, 2.05) is 12.2 Å². The molecule has 2 aliphatic carbocycles. The Morgan fingerprint density at radius 3 is 2.25 bits per heavy atom. The third-order valence-corrected chi connectivity index (χ3v) is 4.88. The van der Waals surface area contributed by atoms with Crippen LogP contribution in [-0.2, 0) is 9.59 Å². The first-order valence-corrected chi connectivity index (χ1v) is 7.00. The summed E-state index contributed by atoms with van der Waals surface area (Å²) in [7, 11) is 0.